The summed E-state index contributed by atoms with van der Waals surface area (Å²) in [6.07, 6.45) is -4.47. The summed E-state index contributed by atoms with van der Waals surface area (Å²) in [5, 5.41) is 9.64. The van der Waals surface area contributed by atoms with E-state index in [0.29, 0.717) is 6.54 Å². The molecule has 1 fully saturated rings. The quantitative estimate of drug-likeness (QED) is 0.860. The third-order valence-electron chi connectivity index (χ3n) is 3.96. The minimum Gasteiger partial charge on any atom is -0.393 e. The van der Waals surface area contributed by atoms with Crippen LogP contribution in [0.4, 0.5) is 13.2 Å². The summed E-state index contributed by atoms with van der Waals surface area (Å²) >= 11 is 0. The Hall–Kier alpha value is -0.330. The van der Waals surface area contributed by atoms with E-state index >= 15 is 0 Å². The molecule has 0 heterocycles. The van der Waals surface area contributed by atoms with Crippen molar-refractivity contribution in [2.24, 2.45) is 5.92 Å². The Labute approximate surface area is 112 Å². The van der Waals surface area contributed by atoms with Crippen molar-refractivity contribution in [2.75, 3.05) is 20.7 Å². The van der Waals surface area contributed by atoms with E-state index in [1.54, 1.807) is 19.1 Å². The number of methoxy groups -OCH3 is 1. The van der Waals surface area contributed by atoms with E-state index < -0.39 is 29.8 Å². The first-order chi connectivity index (χ1) is 8.57. The Bertz CT molecular complexity index is 294. The fourth-order valence-electron chi connectivity index (χ4n) is 2.78. The first kappa shape index (κ1) is 16.7. The van der Waals surface area contributed by atoms with E-state index in [1.165, 1.54) is 0 Å². The van der Waals surface area contributed by atoms with Crippen LogP contribution in [0.3, 0.4) is 0 Å². The van der Waals surface area contributed by atoms with Crippen LogP contribution in [0, 0.1) is 5.92 Å². The van der Waals surface area contributed by atoms with Crippen molar-refractivity contribution >= 4 is 0 Å². The lowest BCUT2D eigenvalue weighted by Crippen LogP contribution is -2.52. The number of rotatable bonds is 4. The highest BCUT2D eigenvalue weighted by molar-refractivity contribution is 4.91. The van der Waals surface area contributed by atoms with Gasteiger partial charge in [-0.15, -0.1) is 0 Å². The smallest absolute Gasteiger partial charge is 0.393 e. The minimum atomic E-state index is -4.21. The van der Waals surface area contributed by atoms with Gasteiger partial charge in [-0.1, -0.05) is 0 Å². The maximum Gasteiger partial charge on any atom is 0.393 e. The average Bonchev–Trinajstić information content (AvgIpc) is 2.26. The normalized spacial score (nSPS) is 29.8. The van der Waals surface area contributed by atoms with Gasteiger partial charge in [0.2, 0.25) is 0 Å². The molecule has 1 N–H and O–H groups in total. The highest BCUT2D eigenvalue weighted by Crippen LogP contribution is 2.40. The molecule has 19 heavy (non-hydrogen) atoms. The van der Waals surface area contributed by atoms with E-state index in [9.17, 15) is 18.3 Å². The number of halogens is 3. The van der Waals surface area contributed by atoms with Crippen molar-refractivity contribution < 1.29 is 23.0 Å². The number of aliphatic hydroxyl groups is 1. The Morgan fingerprint density at radius 2 is 1.84 bits per heavy atom. The fourth-order valence-corrected chi connectivity index (χ4v) is 2.78. The molecule has 0 radical (unpaired) electrons. The van der Waals surface area contributed by atoms with Crippen molar-refractivity contribution in [1.29, 1.82) is 0 Å². The molecule has 0 aliphatic heterocycles. The Morgan fingerprint density at radius 3 is 2.32 bits per heavy atom. The van der Waals surface area contributed by atoms with Crippen LogP contribution in [0.2, 0.25) is 0 Å². The lowest BCUT2D eigenvalue weighted by atomic mass is 9.81. The molecule has 0 aromatic heterocycles. The molecule has 0 amide bonds. The molecular weight excluding hydrogens is 259 g/mol. The molecule has 1 aliphatic rings. The molecule has 0 aromatic rings. The van der Waals surface area contributed by atoms with Gasteiger partial charge >= 0.3 is 6.18 Å². The first-order valence-electron chi connectivity index (χ1n) is 6.57. The van der Waals surface area contributed by atoms with E-state index in [0.717, 1.165) is 0 Å². The largest absolute Gasteiger partial charge is 0.393 e. The van der Waals surface area contributed by atoms with Crippen LogP contribution < -0.4 is 0 Å². The summed E-state index contributed by atoms with van der Waals surface area (Å²) in [5.74, 6) is -1.37. The van der Waals surface area contributed by atoms with Gasteiger partial charge in [0, 0.05) is 19.7 Å². The topological polar surface area (TPSA) is 32.7 Å². The van der Waals surface area contributed by atoms with E-state index in [2.05, 4.69) is 0 Å². The molecule has 3 unspecified atom stereocenters. The van der Waals surface area contributed by atoms with Crippen LogP contribution >= 0.6 is 0 Å². The third-order valence-corrected chi connectivity index (χ3v) is 3.96. The number of hydrogen-bond donors (Lipinski definition) is 1. The molecule has 0 spiro atoms. The van der Waals surface area contributed by atoms with Crippen LogP contribution in [-0.4, -0.2) is 54.6 Å². The lowest BCUT2D eigenvalue weighted by Gasteiger charge is -2.42. The van der Waals surface area contributed by atoms with Gasteiger partial charge in [-0.05, 0) is 40.2 Å². The molecule has 0 saturated heterocycles. The highest BCUT2D eigenvalue weighted by atomic mass is 19.4. The van der Waals surface area contributed by atoms with Gasteiger partial charge in [-0.2, -0.15) is 13.2 Å². The van der Waals surface area contributed by atoms with Gasteiger partial charge in [0.05, 0.1) is 17.6 Å². The predicted molar refractivity (Wildman–Crippen MR) is 66.9 cm³/mol. The number of hydrogen-bond acceptors (Lipinski definition) is 3. The summed E-state index contributed by atoms with van der Waals surface area (Å²) < 4.78 is 44.4. The van der Waals surface area contributed by atoms with Crippen molar-refractivity contribution in [3.05, 3.63) is 0 Å². The van der Waals surface area contributed by atoms with Crippen LogP contribution in [-0.2, 0) is 4.74 Å². The summed E-state index contributed by atoms with van der Waals surface area (Å²) in [4.78, 5) is 1.67. The van der Waals surface area contributed by atoms with E-state index in [4.69, 9.17) is 4.74 Å². The average molecular weight is 283 g/mol. The molecule has 1 saturated carbocycles. The van der Waals surface area contributed by atoms with Gasteiger partial charge in [0.15, 0.2) is 0 Å². The molecule has 3 nitrogen and oxygen atoms in total. The number of likely N-dealkylation sites (N-methyl/N-ethyl adjacent to an activating group) is 1. The Kier molecular flexibility index (Phi) is 5.26. The first-order valence-corrected chi connectivity index (χ1v) is 6.57. The molecule has 114 valence electrons. The second kappa shape index (κ2) is 5.97. The highest BCUT2D eigenvalue weighted by Gasteiger charge is 2.48. The maximum atomic E-state index is 13.1. The zero-order valence-corrected chi connectivity index (χ0v) is 12.0. The van der Waals surface area contributed by atoms with Gasteiger partial charge in [0.25, 0.3) is 0 Å². The Morgan fingerprint density at radius 1 is 1.26 bits per heavy atom. The van der Waals surface area contributed by atoms with Crippen LogP contribution in [0.5, 0.6) is 0 Å². The maximum absolute atomic E-state index is 13.1. The van der Waals surface area contributed by atoms with Crippen molar-refractivity contribution in [2.45, 2.75) is 57.0 Å². The monoisotopic (exact) mass is 283 g/mol. The zero-order chi connectivity index (χ0) is 14.8. The number of aliphatic hydroxyl groups excluding tert-OH is 1. The van der Waals surface area contributed by atoms with Crippen LogP contribution in [0.25, 0.3) is 0 Å². The number of ether oxygens (including phenoxy) is 1. The predicted octanol–water partition coefficient (Wildman–Crippen LogP) is 2.44. The lowest BCUT2D eigenvalue weighted by molar-refractivity contribution is -0.206. The standard InChI is InChI=1S/C13H24F3NO2/c1-12(2,19-4)8-17(3)11-7-9(18)5-6-10(11)13(14,15)16/h9-11,18H,5-8H2,1-4H3. The van der Waals surface area contributed by atoms with Crippen molar-refractivity contribution in [1.82, 2.24) is 4.90 Å². The van der Waals surface area contributed by atoms with Gasteiger partial charge in [-0.3, -0.25) is 4.90 Å². The summed E-state index contributed by atoms with van der Waals surface area (Å²) in [6, 6.07) is -0.682. The van der Waals surface area contributed by atoms with Gasteiger partial charge in [0.1, 0.15) is 0 Å². The van der Waals surface area contributed by atoms with Crippen molar-refractivity contribution in [3.63, 3.8) is 0 Å². The van der Waals surface area contributed by atoms with Gasteiger partial charge in [-0.25, -0.2) is 0 Å². The number of alkyl halides is 3. The molecule has 0 aromatic carbocycles. The molecule has 1 rings (SSSR count). The molecule has 0 bridgehead atoms. The van der Waals surface area contributed by atoms with E-state index in [1.807, 2.05) is 13.8 Å². The second-order valence-corrected chi connectivity index (χ2v) is 6.06. The fraction of sp³-hybridized carbons (Fsp3) is 1.00. The summed E-state index contributed by atoms with van der Waals surface area (Å²) in [7, 11) is 3.22. The van der Waals surface area contributed by atoms with Gasteiger partial charge < -0.3 is 9.84 Å². The minimum absolute atomic E-state index is 0.00686. The third kappa shape index (κ3) is 4.61. The molecule has 1 aliphatic carbocycles. The Balaban J connectivity index is 2.79. The molecule has 3 atom stereocenters. The van der Waals surface area contributed by atoms with Crippen molar-refractivity contribution in [3.8, 4) is 0 Å². The number of nitrogens with zero attached hydrogens (tertiary/aromatic N) is 1. The summed E-state index contributed by atoms with van der Waals surface area (Å²) in [6.45, 7) is 4.07. The molecular formula is C13H24F3NO2. The zero-order valence-electron chi connectivity index (χ0n) is 12.0. The molecule has 6 heteroatoms. The van der Waals surface area contributed by atoms with Crippen LogP contribution in [0.1, 0.15) is 33.1 Å². The SMILES string of the molecule is COC(C)(C)CN(C)C1CC(O)CCC1C(F)(F)F. The summed E-state index contributed by atoms with van der Waals surface area (Å²) in [5.41, 5.74) is -0.507. The second-order valence-electron chi connectivity index (χ2n) is 6.06. The van der Waals surface area contributed by atoms with Crippen LogP contribution in [0.15, 0.2) is 0 Å². The van der Waals surface area contributed by atoms with E-state index in [-0.39, 0.29) is 19.3 Å².